The molecular weight excluding hydrogens is 286 g/mol. The monoisotopic (exact) mass is 301 g/mol. The summed E-state index contributed by atoms with van der Waals surface area (Å²) in [6, 6.07) is 2.04. The van der Waals surface area contributed by atoms with Gasteiger partial charge in [-0.15, -0.1) is 11.3 Å². The van der Waals surface area contributed by atoms with Crippen molar-refractivity contribution in [2.24, 2.45) is 5.92 Å². The molecule has 88 valence electrons. The zero-order valence-corrected chi connectivity index (χ0v) is 11.6. The molecule has 2 nitrogen and oxygen atoms in total. The number of rotatable bonds is 4. The fraction of sp³-hybridized carbons (Fsp3) is 0.583. The van der Waals surface area contributed by atoms with Gasteiger partial charge in [-0.1, -0.05) is 0 Å². The van der Waals surface area contributed by atoms with E-state index in [1.807, 2.05) is 11.4 Å². The lowest BCUT2D eigenvalue weighted by atomic mass is 9.93. The van der Waals surface area contributed by atoms with Gasteiger partial charge < -0.3 is 5.32 Å². The summed E-state index contributed by atoms with van der Waals surface area (Å²) in [6.45, 7) is 2.13. The molecule has 1 aromatic heterocycles. The molecule has 0 saturated carbocycles. The van der Waals surface area contributed by atoms with E-state index >= 15 is 0 Å². The maximum Gasteiger partial charge on any atom is 0.138 e. The summed E-state index contributed by atoms with van der Waals surface area (Å²) < 4.78 is 1.08. The van der Waals surface area contributed by atoms with E-state index in [9.17, 15) is 4.79 Å². The summed E-state index contributed by atoms with van der Waals surface area (Å²) in [5.74, 6) is 0.938. The summed E-state index contributed by atoms with van der Waals surface area (Å²) in [4.78, 5) is 13.0. The number of nitrogens with one attached hydrogen (secondary N) is 1. The third-order valence-corrected chi connectivity index (χ3v) is 4.61. The number of halogens is 1. The molecule has 1 aliphatic heterocycles. The quantitative estimate of drug-likeness (QED) is 0.926. The zero-order valence-electron chi connectivity index (χ0n) is 9.17. The highest BCUT2D eigenvalue weighted by Gasteiger charge is 2.17. The fourth-order valence-corrected chi connectivity index (χ4v) is 3.61. The first kappa shape index (κ1) is 12.3. The van der Waals surface area contributed by atoms with E-state index in [1.165, 1.54) is 17.7 Å². The van der Waals surface area contributed by atoms with Gasteiger partial charge in [0.25, 0.3) is 0 Å². The topological polar surface area (TPSA) is 29.1 Å². The highest BCUT2D eigenvalue weighted by molar-refractivity contribution is 9.10. The minimum atomic E-state index is 0.378. The van der Waals surface area contributed by atoms with Crippen LogP contribution in [0.4, 0.5) is 0 Å². The van der Waals surface area contributed by atoms with Crippen molar-refractivity contribution in [2.45, 2.75) is 25.7 Å². The number of hydrogen-bond acceptors (Lipinski definition) is 3. The average molecular weight is 302 g/mol. The first-order chi connectivity index (χ1) is 7.74. The van der Waals surface area contributed by atoms with Gasteiger partial charge in [-0.2, -0.15) is 0 Å². The van der Waals surface area contributed by atoms with Crippen molar-refractivity contribution < 1.29 is 4.79 Å². The van der Waals surface area contributed by atoms with E-state index < -0.39 is 0 Å². The minimum absolute atomic E-state index is 0.378. The molecule has 1 atom stereocenters. The van der Waals surface area contributed by atoms with Gasteiger partial charge in [-0.3, -0.25) is 4.79 Å². The van der Waals surface area contributed by atoms with Crippen LogP contribution < -0.4 is 5.32 Å². The molecule has 2 heterocycles. The van der Waals surface area contributed by atoms with Gasteiger partial charge in [0.1, 0.15) is 5.78 Å². The smallest absolute Gasteiger partial charge is 0.138 e. The fourth-order valence-electron chi connectivity index (χ4n) is 2.13. The molecule has 0 aromatic carbocycles. The summed E-state index contributed by atoms with van der Waals surface area (Å²) in [5, 5.41) is 5.38. The molecule has 2 rings (SSSR count). The molecule has 0 aliphatic carbocycles. The molecule has 1 aliphatic rings. The van der Waals surface area contributed by atoms with Crippen molar-refractivity contribution in [3.63, 3.8) is 0 Å². The maximum absolute atomic E-state index is 11.9. The number of piperidine rings is 1. The number of Topliss-reactive ketones (excluding diaryl/α,β-unsaturated/α-hetero) is 1. The Bertz CT molecular complexity index is 358. The summed E-state index contributed by atoms with van der Waals surface area (Å²) in [5.41, 5.74) is 0. The van der Waals surface area contributed by atoms with Crippen LogP contribution in [0.3, 0.4) is 0 Å². The van der Waals surface area contributed by atoms with Crippen molar-refractivity contribution in [2.75, 3.05) is 13.1 Å². The van der Waals surface area contributed by atoms with Gasteiger partial charge in [0.05, 0.1) is 0 Å². The first-order valence-corrected chi connectivity index (χ1v) is 7.36. The Morgan fingerprint density at radius 2 is 2.50 bits per heavy atom. The van der Waals surface area contributed by atoms with Gasteiger partial charge in [-0.05, 0) is 53.8 Å². The number of carbonyl (C=O) groups excluding carboxylic acids is 1. The van der Waals surface area contributed by atoms with E-state index in [1.54, 1.807) is 11.3 Å². The van der Waals surface area contributed by atoms with Crippen LogP contribution in [-0.4, -0.2) is 18.9 Å². The van der Waals surface area contributed by atoms with Crippen LogP contribution in [0.5, 0.6) is 0 Å². The molecule has 4 heteroatoms. The zero-order chi connectivity index (χ0) is 11.4. The van der Waals surface area contributed by atoms with Crippen molar-refractivity contribution >= 4 is 33.0 Å². The van der Waals surface area contributed by atoms with E-state index in [-0.39, 0.29) is 0 Å². The van der Waals surface area contributed by atoms with Gasteiger partial charge in [-0.25, -0.2) is 0 Å². The van der Waals surface area contributed by atoms with Crippen LogP contribution in [-0.2, 0) is 11.2 Å². The normalized spacial score (nSPS) is 20.9. The minimum Gasteiger partial charge on any atom is -0.316 e. The number of carbonyl (C=O) groups is 1. The molecule has 1 saturated heterocycles. The Morgan fingerprint density at radius 1 is 1.62 bits per heavy atom. The second kappa shape index (κ2) is 5.94. The van der Waals surface area contributed by atoms with Crippen LogP contribution >= 0.6 is 27.3 Å². The largest absolute Gasteiger partial charge is 0.316 e. The highest BCUT2D eigenvalue weighted by Crippen LogP contribution is 2.22. The second-order valence-electron chi connectivity index (χ2n) is 4.36. The summed E-state index contributed by atoms with van der Waals surface area (Å²) in [6.07, 6.45) is 3.75. The van der Waals surface area contributed by atoms with Crippen molar-refractivity contribution in [3.05, 3.63) is 20.8 Å². The van der Waals surface area contributed by atoms with Gasteiger partial charge in [0.2, 0.25) is 0 Å². The molecule has 1 unspecified atom stereocenters. The number of thiophene rings is 1. The second-order valence-corrected chi connectivity index (χ2v) is 6.27. The van der Waals surface area contributed by atoms with Crippen LogP contribution in [0.2, 0.25) is 0 Å². The van der Waals surface area contributed by atoms with Gasteiger partial charge in [0, 0.05) is 27.6 Å². The van der Waals surface area contributed by atoms with Gasteiger partial charge >= 0.3 is 0 Å². The predicted molar refractivity (Wildman–Crippen MR) is 70.9 cm³/mol. The van der Waals surface area contributed by atoms with Crippen LogP contribution in [0.1, 0.15) is 24.1 Å². The summed E-state index contributed by atoms with van der Waals surface area (Å²) >= 11 is 5.07. The maximum atomic E-state index is 11.9. The van der Waals surface area contributed by atoms with E-state index in [0.717, 1.165) is 24.0 Å². The van der Waals surface area contributed by atoms with Crippen LogP contribution in [0, 0.1) is 5.92 Å². The SMILES string of the molecule is O=C(Cc1cc(Br)cs1)CC1CCCNC1. The first-order valence-electron chi connectivity index (χ1n) is 5.69. The molecule has 1 fully saturated rings. The van der Waals surface area contributed by atoms with E-state index in [2.05, 4.69) is 21.2 Å². The predicted octanol–water partition coefficient (Wildman–Crippen LogP) is 3.01. The number of ketones is 1. The van der Waals surface area contributed by atoms with Crippen LogP contribution in [0.15, 0.2) is 15.9 Å². The Hall–Kier alpha value is -0.190. The van der Waals surface area contributed by atoms with Gasteiger partial charge in [0.15, 0.2) is 0 Å². The molecule has 1 aromatic rings. The van der Waals surface area contributed by atoms with E-state index in [4.69, 9.17) is 0 Å². The Kier molecular flexibility index (Phi) is 4.55. The third-order valence-electron chi connectivity index (χ3n) is 2.91. The molecule has 0 spiro atoms. The van der Waals surface area contributed by atoms with Crippen molar-refractivity contribution in [1.29, 1.82) is 0 Å². The molecule has 16 heavy (non-hydrogen) atoms. The summed E-state index contributed by atoms with van der Waals surface area (Å²) in [7, 11) is 0. The lowest BCUT2D eigenvalue weighted by Crippen LogP contribution is -2.31. The lowest BCUT2D eigenvalue weighted by molar-refractivity contribution is -0.119. The molecule has 0 radical (unpaired) electrons. The lowest BCUT2D eigenvalue weighted by Gasteiger charge is -2.21. The number of hydrogen-bond donors (Lipinski definition) is 1. The molecular formula is C12H16BrNOS. The Morgan fingerprint density at radius 3 is 3.12 bits per heavy atom. The van der Waals surface area contributed by atoms with Crippen LogP contribution in [0.25, 0.3) is 0 Å². The molecule has 0 amide bonds. The Labute approximate surface area is 109 Å². The third kappa shape index (κ3) is 3.68. The standard InChI is InChI=1S/C12H16BrNOS/c13-10-5-12(16-8-10)6-11(15)4-9-2-1-3-14-7-9/h5,8-9,14H,1-4,6-7H2. The van der Waals surface area contributed by atoms with E-state index in [0.29, 0.717) is 18.1 Å². The molecule has 0 bridgehead atoms. The highest BCUT2D eigenvalue weighted by atomic mass is 79.9. The average Bonchev–Trinajstić information content (AvgIpc) is 2.65. The van der Waals surface area contributed by atoms with Crippen molar-refractivity contribution in [3.8, 4) is 0 Å². The Balaban J connectivity index is 1.79. The molecule has 1 N–H and O–H groups in total. The van der Waals surface area contributed by atoms with Crippen molar-refractivity contribution in [1.82, 2.24) is 5.32 Å².